The fraction of sp³-hybridized carbons (Fsp3) is 0.571. The van der Waals surface area contributed by atoms with Crippen molar-refractivity contribution in [1.29, 1.82) is 0 Å². The standard InChI is InChI=1S/C63H103N2O6P/c1-6-8-10-12-14-16-18-20-21-22-23-24-25-26-27-28-29-30-31-32-33-34-35-36-37-38-39-40-41-42-43-45-47-49-51-53-55-57-63(67)64-61(60-71-72(68,69)70-59-58-65(3,4)5)62(66)56-54-52-50-48-46-44-19-17-15-13-11-9-7-2/h8,10,14,16,20-21,23-24,26-27,29-30,32-33,35-36,38-39,41-42,45-48,54,56,61-62,66H,6-7,9,11-13,15,17-19,22,25,28,31,34,37,40,43-44,49-53,55,57-60H2,1-5H3,(H-,64,67,68,69)/b10-8-,16-14-,21-20-,24-23-,27-26-,30-29-,33-32-,36-35-,39-38-,42-41-,47-45-,48-46+,56-54+. The summed E-state index contributed by atoms with van der Waals surface area (Å²) >= 11 is 0. The average molecular weight is 1020 g/mol. The maximum absolute atomic E-state index is 12.9. The quantitative estimate of drug-likeness (QED) is 0.0272. The van der Waals surface area contributed by atoms with E-state index >= 15 is 0 Å². The van der Waals surface area contributed by atoms with Crippen LogP contribution in [0, 0.1) is 0 Å². The van der Waals surface area contributed by atoms with Crippen LogP contribution in [0.15, 0.2) is 158 Å². The predicted molar refractivity (Wildman–Crippen MR) is 311 cm³/mol. The molecule has 0 heterocycles. The van der Waals surface area contributed by atoms with Crippen LogP contribution >= 0.6 is 7.82 Å². The summed E-state index contributed by atoms with van der Waals surface area (Å²) in [6.07, 6.45) is 81.8. The summed E-state index contributed by atoms with van der Waals surface area (Å²) in [7, 11) is 1.19. The van der Waals surface area contributed by atoms with Crippen molar-refractivity contribution in [1.82, 2.24) is 5.32 Å². The SMILES string of the molecule is CC/C=C\C/C=C\C/C=C\C/C=C\C/C=C\C/C=C\C/C=C\C/C=C\C/C=C\C/C=C\C/C=C\CCCCCC(=O)NC(COP(=O)([O-])OCC[N+](C)(C)C)C(O)/C=C/CC/C=C/CCCCCCCCC. The summed E-state index contributed by atoms with van der Waals surface area (Å²) in [6.45, 7) is 4.44. The van der Waals surface area contributed by atoms with Gasteiger partial charge in [-0.05, 0) is 116 Å². The van der Waals surface area contributed by atoms with Gasteiger partial charge in [-0.3, -0.25) is 9.36 Å². The number of likely N-dealkylation sites (N-methyl/N-ethyl adjacent to an activating group) is 1. The van der Waals surface area contributed by atoms with E-state index in [0.29, 0.717) is 17.4 Å². The van der Waals surface area contributed by atoms with Crippen LogP contribution in [0.25, 0.3) is 0 Å². The van der Waals surface area contributed by atoms with Crippen LogP contribution in [0.5, 0.6) is 0 Å². The number of carbonyl (C=O) groups excluding carboxylic acids is 1. The number of nitrogens with zero attached hydrogens (tertiary/aromatic N) is 1. The van der Waals surface area contributed by atoms with Gasteiger partial charge in [0.1, 0.15) is 13.2 Å². The van der Waals surface area contributed by atoms with Gasteiger partial charge < -0.3 is 28.8 Å². The number of hydrogen-bond donors (Lipinski definition) is 2. The second kappa shape index (κ2) is 52.0. The van der Waals surface area contributed by atoms with Crippen LogP contribution in [0.4, 0.5) is 0 Å². The van der Waals surface area contributed by atoms with Crippen molar-refractivity contribution >= 4 is 13.7 Å². The molecule has 0 fully saturated rings. The van der Waals surface area contributed by atoms with E-state index in [1.54, 1.807) is 6.08 Å². The van der Waals surface area contributed by atoms with Crippen LogP contribution < -0.4 is 10.2 Å². The lowest BCUT2D eigenvalue weighted by atomic mass is 10.1. The van der Waals surface area contributed by atoms with Crippen LogP contribution in [0.3, 0.4) is 0 Å². The molecule has 0 saturated heterocycles. The zero-order valence-corrected chi connectivity index (χ0v) is 46.9. The third-order valence-corrected chi connectivity index (χ3v) is 12.2. The second-order valence-corrected chi connectivity index (χ2v) is 20.6. The van der Waals surface area contributed by atoms with Gasteiger partial charge in [0.15, 0.2) is 0 Å². The van der Waals surface area contributed by atoms with Gasteiger partial charge in [-0.2, -0.15) is 0 Å². The molecule has 9 heteroatoms. The molecule has 0 rings (SSSR count). The fourth-order valence-electron chi connectivity index (χ4n) is 6.88. The van der Waals surface area contributed by atoms with E-state index in [1.807, 2.05) is 27.2 Å². The maximum atomic E-state index is 12.9. The molecule has 2 N–H and O–H groups in total. The number of allylic oxidation sites excluding steroid dienone is 25. The Morgan fingerprint density at radius 1 is 0.500 bits per heavy atom. The summed E-state index contributed by atoms with van der Waals surface area (Å²) in [6, 6.07) is -0.933. The normalized spacial score (nSPS) is 15.2. The van der Waals surface area contributed by atoms with Crippen LogP contribution in [-0.4, -0.2) is 68.5 Å². The maximum Gasteiger partial charge on any atom is 0.268 e. The van der Waals surface area contributed by atoms with Gasteiger partial charge in [0.05, 0.1) is 39.9 Å². The number of aliphatic hydroxyl groups is 1. The molecular weight excluding hydrogens is 912 g/mol. The van der Waals surface area contributed by atoms with Gasteiger partial charge in [0, 0.05) is 6.42 Å². The third-order valence-electron chi connectivity index (χ3n) is 11.2. The lowest BCUT2D eigenvalue weighted by Crippen LogP contribution is -2.45. The molecule has 0 aromatic carbocycles. The Morgan fingerprint density at radius 3 is 1.29 bits per heavy atom. The van der Waals surface area contributed by atoms with E-state index < -0.39 is 26.6 Å². The number of aliphatic hydroxyl groups excluding tert-OH is 1. The minimum atomic E-state index is -4.62. The highest BCUT2D eigenvalue weighted by Gasteiger charge is 2.23. The monoisotopic (exact) mass is 1010 g/mol. The van der Waals surface area contributed by atoms with Gasteiger partial charge in [0.25, 0.3) is 7.82 Å². The molecule has 0 aromatic rings. The molecule has 0 bridgehead atoms. The smallest absolute Gasteiger partial charge is 0.268 e. The lowest BCUT2D eigenvalue weighted by Gasteiger charge is -2.29. The molecule has 8 nitrogen and oxygen atoms in total. The van der Waals surface area contributed by atoms with Gasteiger partial charge in [-0.15, -0.1) is 0 Å². The molecule has 0 aliphatic heterocycles. The Bertz CT molecular complexity index is 1720. The Balaban J connectivity index is 4.29. The van der Waals surface area contributed by atoms with E-state index in [4.69, 9.17) is 9.05 Å². The zero-order chi connectivity index (χ0) is 52.7. The van der Waals surface area contributed by atoms with E-state index in [1.165, 1.54) is 44.9 Å². The zero-order valence-electron chi connectivity index (χ0n) is 46.1. The number of quaternary nitrogens is 1. The first-order valence-electron chi connectivity index (χ1n) is 27.8. The summed E-state index contributed by atoms with van der Waals surface area (Å²) in [4.78, 5) is 25.4. The molecule has 0 saturated carbocycles. The summed E-state index contributed by atoms with van der Waals surface area (Å²) < 4.78 is 23.2. The molecule has 406 valence electrons. The number of amides is 1. The second-order valence-electron chi connectivity index (χ2n) is 19.2. The number of phosphoric acid groups is 1. The Labute approximate surface area is 441 Å². The van der Waals surface area contributed by atoms with Crippen LogP contribution in [-0.2, 0) is 18.4 Å². The van der Waals surface area contributed by atoms with E-state index in [9.17, 15) is 19.4 Å². The number of carbonyl (C=O) groups is 1. The summed E-state index contributed by atoms with van der Waals surface area (Å²) in [5, 5.41) is 13.8. The highest BCUT2D eigenvalue weighted by atomic mass is 31.2. The molecule has 72 heavy (non-hydrogen) atoms. The topological polar surface area (TPSA) is 108 Å². The van der Waals surface area contributed by atoms with E-state index in [-0.39, 0.29) is 18.9 Å². The van der Waals surface area contributed by atoms with E-state index in [2.05, 4.69) is 165 Å². The molecule has 0 aromatic heterocycles. The predicted octanol–water partition coefficient (Wildman–Crippen LogP) is 16.5. The lowest BCUT2D eigenvalue weighted by molar-refractivity contribution is -0.870. The Morgan fingerprint density at radius 2 is 0.861 bits per heavy atom. The third kappa shape index (κ3) is 53.9. The average Bonchev–Trinajstić information content (AvgIpc) is 3.34. The number of rotatable bonds is 48. The van der Waals surface area contributed by atoms with Gasteiger partial charge in [-0.25, -0.2) is 0 Å². The first kappa shape index (κ1) is 68.1. The van der Waals surface area contributed by atoms with Crippen molar-refractivity contribution in [3.8, 4) is 0 Å². The summed E-state index contributed by atoms with van der Waals surface area (Å²) in [5.41, 5.74) is 0. The van der Waals surface area contributed by atoms with Crippen molar-refractivity contribution in [3.63, 3.8) is 0 Å². The molecular formula is C63H103N2O6P. The Kier molecular flexibility index (Phi) is 49.2. The molecule has 0 aliphatic carbocycles. The van der Waals surface area contributed by atoms with Crippen molar-refractivity contribution in [3.05, 3.63) is 158 Å². The minimum Gasteiger partial charge on any atom is -0.756 e. The van der Waals surface area contributed by atoms with Gasteiger partial charge in [0.2, 0.25) is 5.91 Å². The van der Waals surface area contributed by atoms with E-state index in [0.717, 1.165) is 109 Å². The highest BCUT2D eigenvalue weighted by Crippen LogP contribution is 2.38. The molecule has 0 aliphatic rings. The van der Waals surface area contributed by atoms with Crippen molar-refractivity contribution in [2.24, 2.45) is 0 Å². The van der Waals surface area contributed by atoms with Crippen molar-refractivity contribution in [2.45, 2.75) is 193 Å². The Hall–Kier alpha value is -3.88. The molecule has 0 radical (unpaired) electrons. The molecule has 3 unspecified atom stereocenters. The largest absolute Gasteiger partial charge is 0.756 e. The van der Waals surface area contributed by atoms with Crippen molar-refractivity contribution in [2.75, 3.05) is 40.9 Å². The molecule has 3 atom stereocenters. The number of unbranched alkanes of at least 4 members (excludes halogenated alkanes) is 11. The van der Waals surface area contributed by atoms with Crippen LogP contribution in [0.1, 0.15) is 181 Å². The number of phosphoric ester groups is 1. The van der Waals surface area contributed by atoms with Gasteiger partial charge >= 0.3 is 0 Å². The molecule has 0 spiro atoms. The van der Waals surface area contributed by atoms with Crippen LogP contribution in [0.2, 0.25) is 0 Å². The first-order chi connectivity index (χ1) is 35.0. The highest BCUT2D eigenvalue weighted by molar-refractivity contribution is 7.45. The fourth-order valence-corrected chi connectivity index (χ4v) is 7.60. The van der Waals surface area contributed by atoms with Crippen molar-refractivity contribution < 1.29 is 32.9 Å². The first-order valence-corrected chi connectivity index (χ1v) is 29.3. The van der Waals surface area contributed by atoms with Gasteiger partial charge in [-0.1, -0.05) is 217 Å². The minimum absolute atomic E-state index is 0.0223. The summed E-state index contributed by atoms with van der Waals surface area (Å²) in [5.74, 6) is -0.248. The number of nitrogens with one attached hydrogen (secondary N) is 1. The number of hydrogen-bond acceptors (Lipinski definition) is 6. The molecule has 1 amide bonds.